The van der Waals surface area contributed by atoms with Crippen LogP contribution in [-0.2, 0) is 12.6 Å². The molecule has 1 aromatic carbocycles. The maximum absolute atomic E-state index is 12.8. The lowest BCUT2D eigenvalue weighted by Gasteiger charge is -2.06. The van der Waals surface area contributed by atoms with E-state index in [0.717, 1.165) is 18.3 Å². The SMILES string of the molecule is COc1ccc(C(=O)NCCc2cn3cc(C(F)(F)F)ccc3n2)cc1[N+](=O)[O-]. The number of benzene rings is 1. The summed E-state index contributed by atoms with van der Waals surface area (Å²) in [5, 5.41) is 13.6. The van der Waals surface area contributed by atoms with Gasteiger partial charge in [-0.05, 0) is 24.3 Å². The molecule has 29 heavy (non-hydrogen) atoms. The van der Waals surface area contributed by atoms with E-state index < -0.39 is 22.6 Å². The van der Waals surface area contributed by atoms with Gasteiger partial charge < -0.3 is 14.5 Å². The Morgan fingerprint density at radius 3 is 2.69 bits per heavy atom. The number of fused-ring (bicyclic) bond motifs is 1. The number of nitrogens with zero attached hydrogens (tertiary/aromatic N) is 3. The molecule has 2 heterocycles. The molecule has 0 saturated heterocycles. The van der Waals surface area contributed by atoms with Gasteiger partial charge in [0.2, 0.25) is 0 Å². The van der Waals surface area contributed by atoms with Gasteiger partial charge in [0.25, 0.3) is 5.91 Å². The molecule has 1 amide bonds. The molecule has 0 bridgehead atoms. The van der Waals surface area contributed by atoms with Crippen LogP contribution >= 0.6 is 0 Å². The van der Waals surface area contributed by atoms with Crippen molar-refractivity contribution < 1.29 is 27.6 Å². The van der Waals surface area contributed by atoms with Gasteiger partial charge in [0.05, 0.1) is 23.3 Å². The van der Waals surface area contributed by atoms with E-state index in [-0.39, 0.29) is 30.0 Å². The van der Waals surface area contributed by atoms with E-state index in [9.17, 15) is 28.1 Å². The molecule has 0 radical (unpaired) electrons. The smallest absolute Gasteiger partial charge is 0.417 e. The molecule has 0 aliphatic rings. The highest BCUT2D eigenvalue weighted by Gasteiger charge is 2.30. The second kappa shape index (κ2) is 7.78. The Balaban J connectivity index is 1.66. The first kappa shape index (κ1) is 20.1. The molecule has 0 unspecified atom stereocenters. The van der Waals surface area contributed by atoms with Gasteiger partial charge in [-0.3, -0.25) is 14.9 Å². The molecule has 11 heteroatoms. The number of aromatic nitrogens is 2. The maximum Gasteiger partial charge on any atom is 0.417 e. The highest BCUT2D eigenvalue weighted by molar-refractivity contribution is 5.95. The fourth-order valence-electron chi connectivity index (χ4n) is 2.71. The average molecular weight is 408 g/mol. The minimum Gasteiger partial charge on any atom is -0.490 e. The molecule has 3 aromatic rings. The van der Waals surface area contributed by atoms with E-state index >= 15 is 0 Å². The lowest BCUT2D eigenvalue weighted by Crippen LogP contribution is -2.25. The number of hydrogen-bond acceptors (Lipinski definition) is 5. The first-order chi connectivity index (χ1) is 13.7. The normalized spacial score (nSPS) is 11.4. The first-order valence-corrected chi connectivity index (χ1v) is 8.34. The number of imidazole rings is 1. The molecule has 2 aromatic heterocycles. The van der Waals surface area contributed by atoms with E-state index in [2.05, 4.69) is 10.3 Å². The van der Waals surface area contributed by atoms with Gasteiger partial charge >= 0.3 is 11.9 Å². The Morgan fingerprint density at radius 1 is 1.28 bits per heavy atom. The maximum atomic E-state index is 12.8. The molecule has 0 aliphatic carbocycles. The average Bonchev–Trinajstić information content (AvgIpc) is 3.08. The van der Waals surface area contributed by atoms with Crippen LogP contribution in [0.1, 0.15) is 21.6 Å². The van der Waals surface area contributed by atoms with E-state index in [1.807, 2.05) is 0 Å². The van der Waals surface area contributed by atoms with Crippen molar-refractivity contribution in [3.63, 3.8) is 0 Å². The molecule has 0 spiro atoms. The Bertz CT molecular complexity index is 1080. The van der Waals surface area contributed by atoms with Gasteiger partial charge in [-0.25, -0.2) is 4.98 Å². The number of alkyl halides is 3. The number of rotatable bonds is 6. The van der Waals surface area contributed by atoms with Gasteiger partial charge in [-0.1, -0.05) is 0 Å². The van der Waals surface area contributed by atoms with Crippen molar-refractivity contribution in [3.05, 3.63) is 69.7 Å². The molecule has 0 aliphatic heterocycles. The van der Waals surface area contributed by atoms with E-state index in [4.69, 9.17) is 4.74 Å². The lowest BCUT2D eigenvalue weighted by atomic mass is 10.1. The van der Waals surface area contributed by atoms with Crippen LogP contribution in [0.3, 0.4) is 0 Å². The fraction of sp³-hybridized carbons (Fsp3) is 0.222. The number of hydrogen-bond donors (Lipinski definition) is 1. The topological polar surface area (TPSA) is 98.8 Å². The van der Waals surface area contributed by atoms with Crippen molar-refractivity contribution in [2.24, 2.45) is 0 Å². The zero-order valence-electron chi connectivity index (χ0n) is 15.1. The second-order valence-electron chi connectivity index (χ2n) is 6.06. The summed E-state index contributed by atoms with van der Waals surface area (Å²) in [5.74, 6) is -0.492. The number of pyridine rings is 1. The molecule has 0 saturated carbocycles. The first-order valence-electron chi connectivity index (χ1n) is 8.34. The summed E-state index contributed by atoms with van der Waals surface area (Å²) in [5.41, 5.74) is -0.193. The Hall–Kier alpha value is -3.63. The van der Waals surface area contributed by atoms with Crippen LogP contribution in [0.25, 0.3) is 5.65 Å². The highest BCUT2D eigenvalue weighted by Crippen LogP contribution is 2.29. The Kier molecular flexibility index (Phi) is 5.39. The molecule has 8 nitrogen and oxygen atoms in total. The van der Waals surface area contributed by atoms with Crippen LogP contribution in [0.5, 0.6) is 5.75 Å². The van der Waals surface area contributed by atoms with Crippen molar-refractivity contribution in [1.29, 1.82) is 0 Å². The van der Waals surface area contributed by atoms with Crippen LogP contribution in [0.2, 0.25) is 0 Å². The van der Waals surface area contributed by atoms with E-state index in [1.54, 1.807) is 0 Å². The summed E-state index contributed by atoms with van der Waals surface area (Å²) < 4.78 is 44.5. The molecule has 1 N–H and O–H groups in total. The summed E-state index contributed by atoms with van der Waals surface area (Å²) in [7, 11) is 1.29. The van der Waals surface area contributed by atoms with E-state index in [1.165, 1.54) is 35.9 Å². The predicted molar refractivity (Wildman–Crippen MR) is 95.9 cm³/mol. The minimum atomic E-state index is -4.45. The minimum absolute atomic E-state index is 0.0366. The van der Waals surface area contributed by atoms with Crippen molar-refractivity contribution in [3.8, 4) is 5.75 Å². The zero-order chi connectivity index (χ0) is 21.2. The molecule has 152 valence electrons. The number of ether oxygens (including phenoxy) is 1. The van der Waals surface area contributed by atoms with Crippen molar-refractivity contribution >= 4 is 17.2 Å². The third kappa shape index (κ3) is 4.45. The summed E-state index contributed by atoms with van der Waals surface area (Å²) in [4.78, 5) is 26.8. The third-order valence-electron chi connectivity index (χ3n) is 4.13. The second-order valence-corrected chi connectivity index (χ2v) is 6.06. The molecular formula is C18H15F3N4O4. The van der Waals surface area contributed by atoms with Gasteiger partial charge in [-0.15, -0.1) is 0 Å². The molecular weight excluding hydrogens is 393 g/mol. The number of carbonyl (C=O) groups excluding carboxylic acids is 1. The summed E-state index contributed by atoms with van der Waals surface area (Å²) in [6.07, 6.45) is -1.78. The number of nitro groups is 1. The highest BCUT2D eigenvalue weighted by atomic mass is 19.4. The van der Waals surface area contributed by atoms with Crippen molar-refractivity contribution in [2.75, 3.05) is 13.7 Å². The molecule has 3 rings (SSSR count). The lowest BCUT2D eigenvalue weighted by molar-refractivity contribution is -0.385. The van der Waals surface area contributed by atoms with Crippen LogP contribution in [0.15, 0.2) is 42.7 Å². The van der Waals surface area contributed by atoms with Gasteiger partial charge in [0.1, 0.15) is 5.65 Å². The van der Waals surface area contributed by atoms with Crippen LogP contribution in [0, 0.1) is 10.1 Å². The van der Waals surface area contributed by atoms with Crippen molar-refractivity contribution in [2.45, 2.75) is 12.6 Å². The molecule has 0 atom stereocenters. The zero-order valence-corrected chi connectivity index (χ0v) is 15.1. The molecule has 0 fully saturated rings. The number of amides is 1. The van der Waals surface area contributed by atoms with E-state index in [0.29, 0.717) is 11.3 Å². The fourth-order valence-corrected chi connectivity index (χ4v) is 2.71. The summed E-state index contributed by atoms with van der Waals surface area (Å²) >= 11 is 0. The van der Waals surface area contributed by atoms with Crippen LogP contribution < -0.4 is 10.1 Å². The standard InChI is InChI=1S/C18H15F3N4O4/c1-29-15-4-2-11(8-14(15)25(27)28)17(26)22-7-6-13-10-24-9-12(18(19,20)21)3-5-16(24)23-13/h2-5,8-10H,6-7H2,1H3,(H,22,26). The number of halogens is 3. The Morgan fingerprint density at radius 2 is 2.03 bits per heavy atom. The quantitative estimate of drug-likeness (QED) is 0.499. The number of methoxy groups -OCH3 is 1. The Labute approximate surface area is 162 Å². The number of nitro benzene ring substituents is 1. The van der Waals surface area contributed by atoms with Crippen LogP contribution in [0.4, 0.5) is 18.9 Å². The predicted octanol–water partition coefficient (Wildman–Crippen LogP) is 3.24. The number of carbonyl (C=O) groups is 1. The van der Waals surface area contributed by atoms with Crippen LogP contribution in [-0.4, -0.2) is 33.9 Å². The third-order valence-corrected chi connectivity index (χ3v) is 4.13. The summed E-state index contributed by atoms with van der Waals surface area (Å²) in [6.45, 7) is 0.147. The van der Waals surface area contributed by atoms with Gasteiger partial charge in [0, 0.05) is 37.0 Å². The van der Waals surface area contributed by atoms with Gasteiger partial charge in [0.15, 0.2) is 5.75 Å². The largest absolute Gasteiger partial charge is 0.490 e. The monoisotopic (exact) mass is 408 g/mol. The van der Waals surface area contributed by atoms with Crippen molar-refractivity contribution in [1.82, 2.24) is 14.7 Å². The summed E-state index contributed by atoms with van der Waals surface area (Å²) in [6, 6.07) is 6.04. The number of nitrogens with one attached hydrogen (secondary N) is 1. The van der Waals surface area contributed by atoms with Gasteiger partial charge in [-0.2, -0.15) is 13.2 Å².